The third-order valence-electron chi connectivity index (χ3n) is 3.59. The van der Waals surface area contributed by atoms with Crippen LogP contribution in [-0.2, 0) is 9.59 Å². The maximum atomic E-state index is 12.4. The van der Waals surface area contributed by atoms with E-state index in [0.29, 0.717) is 30.1 Å². The predicted octanol–water partition coefficient (Wildman–Crippen LogP) is 3.10. The third-order valence-corrected chi connectivity index (χ3v) is 4.12. The van der Waals surface area contributed by atoms with Crippen LogP contribution >= 0.6 is 15.9 Å². The highest BCUT2D eigenvalue weighted by molar-refractivity contribution is 9.10. The summed E-state index contributed by atoms with van der Waals surface area (Å²) < 4.78 is 5.82. The summed E-state index contributed by atoms with van der Waals surface area (Å²) in [5.74, 6) is 0.271. The molecule has 7 heteroatoms. The summed E-state index contributed by atoms with van der Waals surface area (Å²) in [4.78, 5) is 24.7. The Morgan fingerprint density at radius 1 is 1.18 bits per heavy atom. The zero-order valence-corrected chi connectivity index (χ0v) is 13.4. The van der Waals surface area contributed by atoms with Crippen molar-refractivity contribution >= 4 is 39.2 Å². The van der Waals surface area contributed by atoms with Gasteiger partial charge < -0.3 is 15.2 Å². The Kier molecular flexibility index (Phi) is 3.74. The van der Waals surface area contributed by atoms with Crippen molar-refractivity contribution in [3.8, 4) is 0 Å². The first kappa shape index (κ1) is 14.8. The van der Waals surface area contributed by atoms with Crippen molar-refractivity contribution < 1.29 is 14.1 Å². The number of hydrogen-bond donors (Lipinski definition) is 2. The monoisotopic (exact) mass is 363 g/mol. The average molecular weight is 364 g/mol. The molecule has 0 aliphatic heterocycles. The third kappa shape index (κ3) is 2.89. The standard InChI is InChI=1S/C15H14BrN3O3/c1-9-8-12(19-22-9)18-14(21)15(6-7-15)13(20)17-11-4-2-10(16)3-5-11/h2-5,8H,6-7H2,1H3,(H,17,20)(H,18,19,21). The number of nitrogens with zero attached hydrogens (tertiary/aromatic N) is 1. The molecule has 1 fully saturated rings. The van der Waals surface area contributed by atoms with Gasteiger partial charge in [-0.25, -0.2) is 0 Å². The fourth-order valence-corrected chi connectivity index (χ4v) is 2.39. The van der Waals surface area contributed by atoms with Crippen molar-refractivity contribution in [2.75, 3.05) is 10.6 Å². The number of benzene rings is 1. The van der Waals surface area contributed by atoms with Crippen LogP contribution in [0.25, 0.3) is 0 Å². The van der Waals surface area contributed by atoms with E-state index < -0.39 is 5.41 Å². The zero-order valence-electron chi connectivity index (χ0n) is 11.9. The Morgan fingerprint density at radius 2 is 1.82 bits per heavy atom. The highest BCUT2D eigenvalue weighted by Gasteiger charge is 2.56. The van der Waals surface area contributed by atoms with Gasteiger partial charge in [-0.3, -0.25) is 9.59 Å². The Morgan fingerprint density at radius 3 is 2.36 bits per heavy atom. The van der Waals surface area contributed by atoms with Gasteiger partial charge in [-0.05, 0) is 44.0 Å². The summed E-state index contributed by atoms with van der Waals surface area (Å²) in [5, 5.41) is 9.11. The van der Waals surface area contributed by atoms with Crippen molar-refractivity contribution in [2.45, 2.75) is 19.8 Å². The van der Waals surface area contributed by atoms with E-state index in [9.17, 15) is 9.59 Å². The minimum atomic E-state index is -1.01. The molecule has 0 spiro atoms. The topological polar surface area (TPSA) is 84.2 Å². The number of carbonyl (C=O) groups excluding carboxylic acids is 2. The first-order chi connectivity index (χ1) is 10.5. The highest BCUT2D eigenvalue weighted by atomic mass is 79.9. The molecule has 1 aliphatic rings. The van der Waals surface area contributed by atoms with Gasteiger partial charge in [-0.15, -0.1) is 0 Å². The van der Waals surface area contributed by atoms with Crippen molar-refractivity contribution in [1.82, 2.24) is 5.16 Å². The molecule has 114 valence electrons. The fourth-order valence-electron chi connectivity index (χ4n) is 2.13. The first-order valence-corrected chi connectivity index (χ1v) is 7.61. The number of hydrogen-bond acceptors (Lipinski definition) is 4. The van der Waals surface area contributed by atoms with Gasteiger partial charge in [0.2, 0.25) is 11.8 Å². The molecule has 0 radical (unpaired) electrons. The van der Waals surface area contributed by atoms with E-state index in [4.69, 9.17) is 4.52 Å². The van der Waals surface area contributed by atoms with Gasteiger partial charge in [0.1, 0.15) is 11.2 Å². The largest absolute Gasteiger partial charge is 0.360 e. The minimum absolute atomic E-state index is 0.299. The molecule has 0 unspecified atom stereocenters. The number of aromatic nitrogens is 1. The molecule has 22 heavy (non-hydrogen) atoms. The molecule has 2 N–H and O–H groups in total. The highest BCUT2D eigenvalue weighted by Crippen LogP contribution is 2.47. The van der Waals surface area contributed by atoms with Crippen molar-refractivity contribution in [3.63, 3.8) is 0 Å². The van der Waals surface area contributed by atoms with Crippen molar-refractivity contribution in [2.24, 2.45) is 5.41 Å². The lowest BCUT2D eigenvalue weighted by atomic mass is 10.1. The molecule has 1 aromatic heterocycles. The predicted molar refractivity (Wildman–Crippen MR) is 84.3 cm³/mol. The van der Waals surface area contributed by atoms with Gasteiger partial charge in [-0.2, -0.15) is 0 Å². The molecule has 1 heterocycles. The zero-order chi connectivity index (χ0) is 15.7. The molecular formula is C15H14BrN3O3. The Bertz CT molecular complexity index is 720. The molecule has 0 saturated heterocycles. The van der Waals surface area contributed by atoms with Gasteiger partial charge in [0.15, 0.2) is 5.82 Å². The van der Waals surface area contributed by atoms with Crippen LogP contribution in [-0.4, -0.2) is 17.0 Å². The van der Waals surface area contributed by atoms with E-state index in [1.54, 1.807) is 25.1 Å². The number of anilines is 2. The molecule has 0 bridgehead atoms. The molecule has 0 atom stereocenters. The smallest absolute Gasteiger partial charge is 0.241 e. The second-order valence-electron chi connectivity index (χ2n) is 5.32. The van der Waals surface area contributed by atoms with Crippen LogP contribution in [0.3, 0.4) is 0 Å². The number of carbonyl (C=O) groups is 2. The molecule has 1 aliphatic carbocycles. The summed E-state index contributed by atoms with van der Waals surface area (Å²) in [6.45, 7) is 1.73. The van der Waals surface area contributed by atoms with Gasteiger partial charge in [-0.1, -0.05) is 21.1 Å². The SMILES string of the molecule is Cc1cc(NC(=O)C2(C(=O)Nc3ccc(Br)cc3)CC2)no1. The van der Waals surface area contributed by atoms with Gasteiger partial charge in [0.25, 0.3) is 0 Å². The van der Waals surface area contributed by atoms with Crippen molar-refractivity contribution in [1.29, 1.82) is 0 Å². The number of nitrogens with one attached hydrogen (secondary N) is 2. The molecule has 6 nitrogen and oxygen atoms in total. The first-order valence-electron chi connectivity index (χ1n) is 6.81. The van der Waals surface area contributed by atoms with Crippen LogP contribution in [0.4, 0.5) is 11.5 Å². The van der Waals surface area contributed by atoms with Crippen LogP contribution in [0.2, 0.25) is 0 Å². The lowest BCUT2D eigenvalue weighted by molar-refractivity contribution is -0.131. The van der Waals surface area contributed by atoms with Gasteiger partial charge in [0, 0.05) is 16.2 Å². The van der Waals surface area contributed by atoms with Gasteiger partial charge >= 0.3 is 0 Å². The Labute approximate surface area is 135 Å². The number of rotatable bonds is 4. The van der Waals surface area contributed by atoms with E-state index in [-0.39, 0.29) is 11.8 Å². The normalized spacial score (nSPS) is 15.2. The van der Waals surface area contributed by atoms with Crippen molar-refractivity contribution in [3.05, 3.63) is 40.6 Å². The van der Waals surface area contributed by atoms with Gasteiger partial charge in [0.05, 0.1) is 0 Å². The fraction of sp³-hybridized carbons (Fsp3) is 0.267. The number of halogens is 1. The van der Waals surface area contributed by atoms with E-state index in [1.807, 2.05) is 12.1 Å². The lowest BCUT2D eigenvalue weighted by Crippen LogP contribution is -2.35. The molecule has 1 saturated carbocycles. The second kappa shape index (κ2) is 5.57. The maximum absolute atomic E-state index is 12.4. The summed E-state index contributed by atoms with van der Waals surface area (Å²) in [7, 11) is 0. The summed E-state index contributed by atoms with van der Waals surface area (Å²) in [5.41, 5.74) is -0.357. The quantitative estimate of drug-likeness (QED) is 0.817. The van der Waals surface area contributed by atoms with E-state index in [2.05, 4.69) is 31.7 Å². The maximum Gasteiger partial charge on any atom is 0.241 e. The number of aryl methyl sites for hydroxylation is 1. The molecule has 1 aromatic carbocycles. The molecule has 3 rings (SSSR count). The summed E-state index contributed by atoms with van der Waals surface area (Å²) in [6, 6.07) is 8.81. The molecule has 2 amide bonds. The van der Waals surface area contributed by atoms with E-state index in [1.165, 1.54) is 0 Å². The average Bonchev–Trinajstić information content (AvgIpc) is 3.21. The Balaban J connectivity index is 1.68. The molecular weight excluding hydrogens is 350 g/mol. The Hall–Kier alpha value is -2.15. The van der Waals surface area contributed by atoms with Crippen LogP contribution in [0.15, 0.2) is 39.3 Å². The van der Waals surface area contributed by atoms with Crippen LogP contribution in [0, 0.1) is 12.3 Å². The van der Waals surface area contributed by atoms with Crippen LogP contribution < -0.4 is 10.6 Å². The van der Waals surface area contributed by atoms with Crippen LogP contribution in [0.5, 0.6) is 0 Å². The second-order valence-corrected chi connectivity index (χ2v) is 6.24. The number of amides is 2. The summed E-state index contributed by atoms with van der Waals surface area (Å²) >= 11 is 3.33. The summed E-state index contributed by atoms with van der Waals surface area (Å²) in [6.07, 6.45) is 1.05. The van der Waals surface area contributed by atoms with Crippen LogP contribution in [0.1, 0.15) is 18.6 Å². The van der Waals surface area contributed by atoms with E-state index >= 15 is 0 Å². The molecule has 2 aromatic rings. The minimum Gasteiger partial charge on any atom is -0.360 e. The lowest BCUT2D eigenvalue weighted by Gasteiger charge is -2.14. The van der Waals surface area contributed by atoms with E-state index in [0.717, 1.165) is 4.47 Å².